The maximum absolute atomic E-state index is 12.0. The fourth-order valence-corrected chi connectivity index (χ4v) is 1.81. The van der Waals surface area contributed by atoms with Gasteiger partial charge in [-0.05, 0) is 35.9 Å². The number of amides is 1. The van der Waals surface area contributed by atoms with E-state index in [1.165, 1.54) is 18.3 Å². The molecule has 0 aliphatic carbocycles. The van der Waals surface area contributed by atoms with Crippen LogP contribution in [0.4, 0.5) is 5.69 Å². The van der Waals surface area contributed by atoms with E-state index in [0.29, 0.717) is 16.8 Å². The Hall–Kier alpha value is -2.66. The minimum atomic E-state index is -1.03. The summed E-state index contributed by atoms with van der Waals surface area (Å²) in [6, 6.07) is 9.84. The van der Waals surface area contributed by atoms with Gasteiger partial charge in [0.05, 0.1) is 0 Å². The number of carbonyl (C=O) groups excluding carboxylic acids is 1. The maximum Gasteiger partial charge on any atom is 0.328 e. The van der Waals surface area contributed by atoms with Gasteiger partial charge in [0.1, 0.15) is 5.15 Å². The fraction of sp³-hybridized carbons (Fsp3) is 0. The van der Waals surface area contributed by atoms with Gasteiger partial charge in [0.25, 0.3) is 5.91 Å². The number of carboxylic acid groups (broad SMARTS) is 1. The highest BCUT2D eigenvalue weighted by Gasteiger charge is 2.07. The minimum Gasteiger partial charge on any atom is -0.478 e. The number of rotatable bonds is 4. The second-order valence-corrected chi connectivity index (χ2v) is 4.51. The first kappa shape index (κ1) is 14.7. The van der Waals surface area contributed by atoms with Gasteiger partial charge in [-0.15, -0.1) is 0 Å². The second-order valence-electron chi connectivity index (χ2n) is 4.12. The second kappa shape index (κ2) is 6.67. The van der Waals surface area contributed by atoms with Gasteiger partial charge < -0.3 is 10.4 Å². The van der Waals surface area contributed by atoms with Crippen molar-refractivity contribution in [1.82, 2.24) is 4.98 Å². The first-order chi connectivity index (χ1) is 10.0. The van der Waals surface area contributed by atoms with Gasteiger partial charge in [-0.2, -0.15) is 0 Å². The number of hydrogen-bond donors (Lipinski definition) is 2. The molecule has 2 rings (SSSR count). The summed E-state index contributed by atoms with van der Waals surface area (Å²) in [6.45, 7) is 0. The van der Waals surface area contributed by atoms with E-state index in [0.717, 1.165) is 6.08 Å². The molecule has 0 atom stereocenters. The van der Waals surface area contributed by atoms with Crippen LogP contribution in [0.2, 0.25) is 5.15 Å². The van der Waals surface area contributed by atoms with E-state index in [-0.39, 0.29) is 11.1 Å². The van der Waals surface area contributed by atoms with E-state index in [1.807, 2.05) is 0 Å². The SMILES string of the molecule is O=C(O)/C=C/c1cccc(NC(=O)c2ccnc(Cl)c2)c1. The van der Waals surface area contributed by atoms with E-state index in [9.17, 15) is 9.59 Å². The molecule has 5 nitrogen and oxygen atoms in total. The Bertz CT molecular complexity index is 714. The average Bonchev–Trinajstić information content (AvgIpc) is 2.45. The third kappa shape index (κ3) is 4.43. The Morgan fingerprint density at radius 3 is 2.76 bits per heavy atom. The Kier molecular flexibility index (Phi) is 4.68. The van der Waals surface area contributed by atoms with E-state index < -0.39 is 5.97 Å². The lowest BCUT2D eigenvalue weighted by Crippen LogP contribution is -2.11. The van der Waals surface area contributed by atoms with E-state index in [2.05, 4.69) is 10.3 Å². The molecule has 0 aliphatic heterocycles. The Balaban J connectivity index is 2.14. The van der Waals surface area contributed by atoms with Crippen molar-refractivity contribution in [3.05, 3.63) is 65.0 Å². The molecule has 0 saturated heterocycles. The Labute approximate surface area is 125 Å². The Morgan fingerprint density at radius 2 is 2.05 bits per heavy atom. The molecule has 0 saturated carbocycles. The van der Waals surface area contributed by atoms with Crippen LogP contribution in [0.15, 0.2) is 48.7 Å². The quantitative estimate of drug-likeness (QED) is 0.672. The summed E-state index contributed by atoms with van der Waals surface area (Å²) in [5, 5.41) is 11.5. The molecule has 1 aromatic carbocycles. The summed E-state index contributed by atoms with van der Waals surface area (Å²) in [5.74, 6) is -1.35. The number of benzene rings is 1. The third-order valence-corrected chi connectivity index (χ3v) is 2.76. The summed E-state index contributed by atoms with van der Waals surface area (Å²) in [6.07, 6.45) is 3.92. The summed E-state index contributed by atoms with van der Waals surface area (Å²) < 4.78 is 0. The molecule has 2 N–H and O–H groups in total. The van der Waals surface area contributed by atoms with Gasteiger partial charge >= 0.3 is 5.97 Å². The van der Waals surface area contributed by atoms with Crippen molar-refractivity contribution in [2.75, 3.05) is 5.32 Å². The zero-order valence-corrected chi connectivity index (χ0v) is 11.5. The molecule has 0 radical (unpaired) electrons. The normalized spacial score (nSPS) is 10.5. The van der Waals surface area contributed by atoms with Crippen molar-refractivity contribution in [2.45, 2.75) is 0 Å². The van der Waals surface area contributed by atoms with Crippen LogP contribution in [0, 0.1) is 0 Å². The molecule has 6 heteroatoms. The van der Waals surface area contributed by atoms with Crippen molar-refractivity contribution in [3.63, 3.8) is 0 Å². The molecule has 0 spiro atoms. The van der Waals surface area contributed by atoms with Gasteiger partial charge in [0.15, 0.2) is 0 Å². The number of aliphatic carboxylic acids is 1. The molecule has 21 heavy (non-hydrogen) atoms. The lowest BCUT2D eigenvalue weighted by Gasteiger charge is -2.06. The molecule has 1 amide bonds. The van der Waals surface area contributed by atoms with E-state index in [4.69, 9.17) is 16.7 Å². The number of nitrogens with one attached hydrogen (secondary N) is 1. The number of halogens is 1. The molecule has 1 heterocycles. The lowest BCUT2D eigenvalue weighted by atomic mass is 10.1. The molecular weight excluding hydrogens is 292 g/mol. The van der Waals surface area contributed by atoms with Crippen molar-refractivity contribution in [2.24, 2.45) is 0 Å². The highest BCUT2D eigenvalue weighted by molar-refractivity contribution is 6.29. The molecular formula is C15H11ClN2O3. The van der Waals surface area contributed by atoms with Crippen molar-refractivity contribution in [1.29, 1.82) is 0 Å². The zero-order chi connectivity index (χ0) is 15.2. The van der Waals surface area contributed by atoms with Crippen LogP contribution in [0.1, 0.15) is 15.9 Å². The predicted molar refractivity (Wildman–Crippen MR) is 80.3 cm³/mol. The Morgan fingerprint density at radius 1 is 1.24 bits per heavy atom. The zero-order valence-electron chi connectivity index (χ0n) is 10.8. The summed E-state index contributed by atoms with van der Waals surface area (Å²) >= 11 is 5.73. The van der Waals surface area contributed by atoms with Crippen LogP contribution >= 0.6 is 11.6 Å². The summed E-state index contributed by atoms with van der Waals surface area (Å²) in [5.41, 5.74) is 1.62. The van der Waals surface area contributed by atoms with Crippen LogP contribution in [-0.2, 0) is 4.79 Å². The van der Waals surface area contributed by atoms with Gasteiger partial charge in [-0.1, -0.05) is 23.7 Å². The van der Waals surface area contributed by atoms with E-state index >= 15 is 0 Å². The largest absolute Gasteiger partial charge is 0.478 e. The molecule has 2 aromatic rings. The number of carbonyl (C=O) groups is 2. The number of hydrogen-bond acceptors (Lipinski definition) is 3. The van der Waals surface area contributed by atoms with Gasteiger partial charge in [-0.25, -0.2) is 9.78 Å². The van der Waals surface area contributed by atoms with Crippen LogP contribution < -0.4 is 5.32 Å². The molecule has 0 fully saturated rings. The maximum atomic E-state index is 12.0. The first-order valence-electron chi connectivity index (χ1n) is 5.98. The monoisotopic (exact) mass is 302 g/mol. The molecule has 0 aliphatic rings. The standard InChI is InChI=1S/C15H11ClN2O3/c16-13-9-11(6-7-17-13)15(21)18-12-3-1-2-10(8-12)4-5-14(19)20/h1-9H,(H,18,21)(H,19,20)/b5-4+. The molecule has 106 valence electrons. The van der Waals surface area contributed by atoms with Crippen LogP contribution in [-0.4, -0.2) is 22.0 Å². The highest BCUT2D eigenvalue weighted by Crippen LogP contribution is 2.14. The number of carboxylic acids is 1. The minimum absolute atomic E-state index is 0.237. The number of nitrogens with zero attached hydrogens (tertiary/aromatic N) is 1. The van der Waals surface area contributed by atoms with Crippen LogP contribution in [0.25, 0.3) is 6.08 Å². The summed E-state index contributed by atoms with van der Waals surface area (Å²) in [4.78, 5) is 26.3. The van der Waals surface area contributed by atoms with Crippen molar-refractivity contribution >= 4 is 35.2 Å². The molecule has 0 unspecified atom stereocenters. The van der Waals surface area contributed by atoms with E-state index in [1.54, 1.807) is 30.3 Å². The van der Waals surface area contributed by atoms with Crippen LogP contribution in [0.5, 0.6) is 0 Å². The number of aromatic nitrogens is 1. The van der Waals surface area contributed by atoms with Gasteiger partial charge in [-0.3, -0.25) is 4.79 Å². The molecule has 0 bridgehead atoms. The van der Waals surface area contributed by atoms with Crippen molar-refractivity contribution in [3.8, 4) is 0 Å². The van der Waals surface area contributed by atoms with Gasteiger partial charge in [0.2, 0.25) is 0 Å². The first-order valence-corrected chi connectivity index (χ1v) is 6.36. The van der Waals surface area contributed by atoms with Gasteiger partial charge in [0, 0.05) is 23.5 Å². The van der Waals surface area contributed by atoms with Crippen LogP contribution in [0.3, 0.4) is 0 Å². The van der Waals surface area contributed by atoms with Crippen molar-refractivity contribution < 1.29 is 14.7 Å². The average molecular weight is 303 g/mol. The topological polar surface area (TPSA) is 79.3 Å². The smallest absolute Gasteiger partial charge is 0.328 e. The predicted octanol–water partition coefficient (Wildman–Crippen LogP) is 3.09. The third-order valence-electron chi connectivity index (χ3n) is 2.55. The fourth-order valence-electron chi connectivity index (χ4n) is 1.63. The molecule has 1 aromatic heterocycles. The number of pyridine rings is 1. The lowest BCUT2D eigenvalue weighted by molar-refractivity contribution is -0.131. The summed E-state index contributed by atoms with van der Waals surface area (Å²) in [7, 11) is 0. The number of anilines is 1. The highest BCUT2D eigenvalue weighted by atomic mass is 35.5.